The van der Waals surface area contributed by atoms with Crippen molar-refractivity contribution in [2.45, 2.75) is 38.5 Å². The van der Waals surface area contributed by atoms with Gasteiger partial charge < -0.3 is 10.7 Å². The van der Waals surface area contributed by atoms with E-state index in [9.17, 15) is 13.2 Å². The van der Waals surface area contributed by atoms with Crippen LogP contribution in [0.5, 0.6) is 0 Å². The number of nitrogens with one attached hydrogen (secondary N) is 3. The molecule has 0 aliphatic rings. The van der Waals surface area contributed by atoms with Gasteiger partial charge in [-0.2, -0.15) is 5.10 Å². The molecule has 0 spiro atoms. The lowest BCUT2D eigenvalue weighted by molar-refractivity contribution is 0.111. The summed E-state index contributed by atoms with van der Waals surface area (Å²) in [6.07, 6.45) is 8.85. The average molecular weight is 523 g/mol. The molecule has 0 amide bonds. The summed E-state index contributed by atoms with van der Waals surface area (Å²) < 4.78 is 27.8. The predicted molar refractivity (Wildman–Crippen MR) is 144 cm³/mol. The van der Waals surface area contributed by atoms with Crippen molar-refractivity contribution in [1.29, 1.82) is 0 Å². The number of sulfonamides is 1. The maximum atomic E-state index is 12.7. The third-order valence-corrected chi connectivity index (χ3v) is 5.80. The number of hydrogen-bond donors (Lipinski definition) is 4. The number of halogens is 1. The lowest BCUT2D eigenvalue weighted by Gasteiger charge is -2.06. The molecule has 0 aliphatic carbocycles. The molecule has 0 saturated carbocycles. The number of H-pyrrole nitrogens is 2. The Kier molecular flexibility index (Phi) is 15.9. The van der Waals surface area contributed by atoms with Gasteiger partial charge in [-0.1, -0.05) is 49.4 Å². The summed E-state index contributed by atoms with van der Waals surface area (Å²) in [5.74, 6) is 1.27. The van der Waals surface area contributed by atoms with Gasteiger partial charge in [0.2, 0.25) is 10.0 Å². The summed E-state index contributed by atoms with van der Waals surface area (Å²) in [7, 11) is -2.41. The lowest BCUT2D eigenvalue weighted by Crippen LogP contribution is -2.27. The van der Waals surface area contributed by atoms with E-state index in [1.165, 1.54) is 13.1 Å². The van der Waals surface area contributed by atoms with E-state index >= 15 is 0 Å². The van der Waals surface area contributed by atoms with Gasteiger partial charge in [0, 0.05) is 35.3 Å². The van der Waals surface area contributed by atoms with Crippen LogP contribution in [0.3, 0.4) is 0 Å². The minimum absolute atomic E-state index is 0.0160. The van der Waals surface area contributed by atoms with Crippen LogP contribution in [0.15, 0.2) is 60.6 Å². The third-order valence-electron chi connectivity index (χ3n) is 4.00. The van der Waals surface area contributed by atoms with Gasteiger partial charge in [-0.25, -0.2) is 18.1 Å². The molecule has 0 saturated heterocycles. The maximum absolute atomic E-state index is 12.7. The fourth-order valence-electron chi connectivity index (χ4n) is 2.65. The minimum Gasteiger partial charge on any atom is -0.351 e. The maximum Gasteiger partial charge on any atom is 0.243 e. The smallest absolute Gasteiger partial charge is 0.243 e. The van der Waals surface area contributed by atoms with Gasteiger partial charge in [-0.15, -0.1) is 6.58 Å². The van der Waals surface area contributed by atoms with Crippen molar-refractivity contribution in [3.8, 4) is 0 Å². The Balaban J connectivity index is 0.000000995. The van der Waals surface area contributed by atoms with Crippen molar-refractivity contribution in [2.24, 2.45) is 5.73 Å². The number of rotatable bonds is 8. The molecule has 192 valence electrons. The molecule has 1 aromatic carbocycles. The van der Waals surface area contributed by atoms with Gasteiger partial charge in [-0.05, 0) is 39.1 Å². The molecular weight excluding hydrogens is 488 g/mol. The number of benzene rings is 1. The molecule has 35 heavy (non-hydrogen) atoms. The molecule has 0 fully saturated rings. The summed E-state index contributed by atoms with van der Waals surface area (Å²) in [5, 5.41) is 7.51. The van der Waals surface area contributed by atoms with Crippen molar-refractivity contribution < 1.29 is 13.2 Å². The van der Waals surface area contributed by atoms with Crippen molar-refractivity contribution >= 4 is 38.8 Å². The molecule has 11 heteroatoms. The van der Waals surface area contributed by atoms with E-state index in [1.54, 1.807) is 24.3 Å². The van der Waals surface area contributed by atoms with Gasteiger partial charge >= 0.3 is 0 Å². The number of hydrogen-bond acceptors (Lipinski definition) is 6. The first-order chi connectivity index (χ1) is 16.8. The molecule has 0 unspecified atom stereocenters. The number of nitrogens with zero attached hydrogens (tertiary/aromatic N) is 2. The molecule has 5 N–H and O–H groups in total. The highest BCUT2D eigenvalue weighted by Crippen LogP contribution is 2.28. The summed E-state index contributed by atoms with van der Waals surface area (Å²) >= 11 is 5.96. The van der Waals surface area contributed by atoms with Crippen LogP contribution in [0.4, 0.5) is 0 Å². The molecule has 0 bridgehead atoms. The second-order valence-corrected chi connectivity index (χ2v) is 8.69. The fourth-order valence-corrected chi connectivity index (χ4v) is 4.18. The van der Waals surface area contributed by atoms with E-state index in [-0.39, 0.29) is 17.1 Å². The summed E-state index contributed by atoms with van der Waals surface area (Å²) in [4.78, 5) is 18.2. The van der Waals surface area contributed by atoms with Gasteiger partial charge in [0.05, 0.1) is 5.69 Å². The number of nitrogens with two attached hydrogens (primary N) is 1. The zero-order chi connectivity index (χ0) is 26.9. The number of aromatic nitrogens is 4. The molecule has 2 aromatic heterocycles. The zero-order valence-corrected chi connectivity index (χ0v) is 22.2. The number of carbonyl (C=O) groups excluding carboxylic acids is 1. The highest BCUT2D eigenvalue weighted by Gasteiger charge is 2.24. The third kappa shape index (κ3) is 10.4. The molecule has 0 aliphatic heterocycles. The first kappa shape index (κ1) is 31.9. The van der Waals surface area contributed by atoms with E-state index in [2.05, 4.69) is 43.8 Å². The van der Waals surface area contributed by atoms with E-state index < -0.39 is 10.0 Å². The molecule has 9 nitrogen and oxygen atoms in total. The lowest BCUT2D eigenvalue weighted by atomic mass is 10.2. The molecule has 3 rings (SSSR count). The topological polar surface area (TPSA) is 147 Å². The normalized spacial score (nSPS) is 10.3. The van der Waals surface area contributed by atoms with Crippen LogP contribution >= 0.6 is 11.6 Å². The highest BCUT2D eigenvalue weighted by molar-refractivity contribution is 7.89. The number of carbonyl (C=O) groups is 1. The van der Waals surface area contributed by atoms with E-state index in [1.807, 2.05) is 32.9 Å². The van der Waals surface area contributed by atoms with E-state index in [0.717, 1.165) is 0 Å². The standard InChI is InChI=1S/C15H16ClN5O3S.C5H8.C3H6.CH5N/c1-2-13-19-14(21-20-13)5-6-17-25(23,24)15-10-7-9(16)3-4-11(10)18-12(15)8-22;1-3-5-4-2;1-3-2;1-2/h3-4,7-8,17-18H,2,5-6H2,1H3,(H,19,20,21);3-5H,1H2,2H3;3H,1H2,2H3;2H2,1H3/b;5-4-;;. The Morgan fingerprint density at radius 1 is 1.23 bits per heavy atom. The van der Waals surface area contributed by atoms with Crippen molar-refractivity contribution in [3.63, 3.8) is 0 Å². The minimum atomic E-state index is -3.91. The number of allylic oxidation sites excluding steroid dienone is 4. The van der Waals surface area contributed by atoms with Gasteiger partial charge in [-0.3, -0.25) is 9.89 Å². The van der Waals surface area contributed by atoms with Crippen LogP contribution in [0.25, 0.3) is 10.9 Å². The molecule has 2 heterocycles. The Hall–Kier alpha value is -3.05. The largest absolute Gasteiger partial charge is 0.351 e. The van der Waals surface area contributed by atoms with Gasteiger partial charge in [0.1, 0.15) is 16.5 Å². The van der Waals surface area contributed by atoms with Crippen LogP contribution in [0, 0.1) is 0 Å². The molecule has 0 atom stereocenters. The predicted octanol–water partition coefficient (Wildman–Crippen LogP) is 4.35. The fraction of sp³-hybridized carbons (Fsp3) is 0.292. The van der Waals surface area contributed by atoms with Crippen molar-refractivity contribution in [2.75, 3.05) is 13.6 Å². The number of fused-ring (bicyclic) bond motifs is 1. The number of aldehydes is 1. The Bertz CT molecular complexity index is 1200. The Morgan fingerprint density at radius 3 is 2.37 bits per heavy atom. The second kappa shape index (κ2) is 17.4. The summed E-state index contributed by atoms with van der Waals surface area (Å²) in [5.41, 5.74) is 5.01. The van der Waals surface area contributed by atoms with E-state index in [4.69, 9.17) is 11.6 Å². The SMILES string of the molecule is C=C/C=C\C.C=CC.CCc1n[nH]c(CCNS(=O)(=O)c2c(C=O)[nH]c3ccc(Cl)cc23)n1.CN. The van der Waals surface area contributed by atoms with Crippen LogP contribution in [-0.2, 0) is 22.9 Å². The summed E-state index contributed by atoms with van der Waals surface area (Å²) in [6, 6.07) is 4.76. The highest BCUT2D eigenvalue weighted by atomic mass is 35.5. The monoisotopic (exact) mass is 522 g/mol. The molecule has 3 aromatic rings. The summed E-state index contributed by atoms with van der Waals surface area (Å²) in [6.45, 7) is 12.7. The first-order valence-corrected chi connectivity index (χ1v) is 12.7. The Morgan fingerprint density at radius 2 is 1.89 bits per heavy atom. The quantitative estimate of drug-likeness (QED) is 0.196. The number of aromatic amines is 2. The second-order valence-electron chi connectivity index (χ2n) is 6.54. The zero-order valence-electron chi connectivity index (χ0n) is 20.6. The van der Waals surface area contributed by atoms with Crippen LogP contribution in [0.1, 0.15) is 42.9 Å². The van der Waals surface area contributed by atoms with Crippen molar-refractivity contribution in [1.82, 2.24) is 24.9 Å². The molecular formula is C24H35ClN6O3S. The average Bonchev–Trinajstić information content (AvgIpc) is 3.46. The first-order valence-electron chi connectivity index (χ1n) is 10.8. The van der Waals surface area contributed by atoms with E-state index in [0.29, 0.717) is 46.7 Å². The Labute approximate surface area is 212 Å². The van der Waals surface area contributed by atoms with Crippen LogP contribution in [-0.4, -0.2) is 48.5 Å². The number of aryl methyl sites for hydroxylation is 1. The van der Waals surface area contributed by atoms with Gasteiger partial charge in [0.15, 0.2) is 6.29 Å². The van der Waals surface area contributed by atoms with Crippen LogP contribution < -0.4 is 10.5 Å². The van der Waals surface area contributed by atoms with Crippen LogP contribution in [0.2, 0.25) is 5.02 Å². The molecule has 0 radical (unpaired) electrons. The van der Waals surface area contributed by atoms with Gasteiger partial charge in [0.25, 0.3) is 0 Å². The van der Waals surface area contributed by atoms with Crippen molar-refractivity contribution in [3.05, 3.63) is 78.0 Å².